The number of rotatable bonds is 5. The van der Waals surface area contributed by atoms with Crippen LogP contribution in [0.4, 0.5) is 11.4 Å². The molecule has 0 spiro atoms. The quantitative estimate of drug-likeness (QED) is 0.330. The molecule has 0 saturated carbocycles. The Kier molecular flexibility index (Phi) is 5.52. The van der Waals surface area contributed by atoms with Gasteiger partial charge in [0, 0.05) is 0 Å². The monoisotopic (exact) mass is 337 g/mol. The van der Waals surface area contributed by atoms with Gasteiger partial charge in [-0.3, -0.25) is 5.43 Å². The lowest BCUT2D eigenvalue weighted by Gasteiger charge is -2.03. The molecule has 0 radical (unpaired) electrons. The number of hydrazone groups is 1. The van der Waals surface area contributed by atoms with Crippen LogP contribution in [0.5, 0.6) is 0 Å². The lowest BCUT2D eigenvalue weighted by molar-refractivity contribution is 0.0687. The van der Waals surface area contributed by atoms with Crippen LogP contribution < -0.4 is 5.43 Å². The average Bonchev–Trinajstić information content (AvgIpc) is 2.62. The van der Waals surface area contributed by atoms with E-state index in [0.29, 0.717) is 0 Å². The first kappa shape index (κ1) is 17.3. The first-order valence-electron chi connectivity index (χ1n) is 6.83. The number of carbonyl (C=O) groups is 2. The molecule has 0 fully saturated rings. The number of carboxylic acids is 2. The summed E-state index contributed by atoms with van der Waals surface area (Å²) in [5.74, 6) is -2.74. The van der Waals surface area contributed by atoms with E-state index in [0.717, 1.165) is 0 Å². The van der Waals surface area contributed by atoms with E-state index in [1.807, 2.05) is 0 Å². The maximum Gasteiger partial charge on any atom is 0.337 e. The lowest BCUT2D eigenvalue weighted by atomic mass is 10.2. The molecule has 0 atom stereocenters. The van der Waals surface area contributed by atoms with Crippen molar-refractivity contribution in [2.75, 3.05) is 5.43 Å². The minimum atomic E-state index is -1.18. The highest BCUT2D eigenvalue weighted by Gasteiger charge is 2.10. The molecule has 25 heavy (non-hydrogen) atoms. The largest absolute Gasteiger partial charge is 0.478 e. The van der Waals surface area contributed by atoms with Gasteiger partial charge in [0.25, 0.3) is 5.84 Å². The number of nitriles is 1. The average molecular weight is 337 g/mol. The number of nitrogens with one attached hydrogen (secondary N) is 1. The number of benzene rings is 2. The lowest BCUT2D eigenvalue weighted by Crippen LogP contribution is -2.03. The number of anilines is 1. The van der Waals surface area contributed by atoms with Crippen LogP contribution in [0.25, 0.3) is 0 Å². The zero-order chi connectivity index (χ0) is 18.2. The van der Waals surface area contributed by atoms with E-state index in [4.69, 9.17) is 15.5 Å². The molecule has 2 aromatic rings. The molecule has 0 heterocycles. The van der Waals surface area contributed by atoms with Crippen LogP contribution in [0.3, 0.4) is 0 Å². The SMILES string of the molecule is N#C/C(N=Nc1ccccc1C(=O)O)=N\Nc1ccccc1C(=O)O. The van der Waals surface area contributed by atoms with Crippen molar-refractivity contribution in [1.29, 1.82) is 5.26 Å². The number of aromatic carboxylic acids is 2. The smallest absolute Gasteiger partial charge is 0.337 e. The zero-order valence-electron chi connectivity index (χ0n) is 12.6. The number of azo groups is 1. The number of hydrogen-bond donors (Lipinski definition) is 3. The van der Waals surface area contributed by atoms with Gasteiger partial charge in [0.05, 0.1) is 16.8 Å². The fourth-order valence-corrected chi connectivity index (χ4v) is 1.79. The Labute approximate surface area is 141 Å². The fourth-order valence-electron chi connectivity index (χ4n) is 1.79. The minimum absolute atomic E-state index is 0.0308. The third-order valence-electron chi connectivity index (χ3n) is 2.93. The second-order valence-corrected chi connectivity index (χ2v) is 4.53. The van der Waals surface area contributed by atoms with Crippen molar-refractivity contribution >= 4 is 29.1 Å². The highest BCUT2D eigenvalue weighted by molar-refractivity contribution is 5.99. The third kappa shape index (κ3) is 4.46. The number of amidine groups is 1. The first-order chi connectivity index (χ1) is 12.0. The van der Waals surface area contributed by atoms with Crippen LogP contribution in [0.15, 0.2) is 63.9 Å². The van der Waals surface area contributed by atoms with Crippen molar-refractivity contribution in [3.63, 3.8) is 0 Å². The van der Waals surface area contributed by atoms with Gasteiger partial charge in [-0.2, -0.15) is 5.26 Å². The summed E-state index contributed by atoms with van der Waals surface area (Å²) in [4.78, 5) is 22.2. The molecule has 3 N–H and O–H groups in total. The van der Waals surface area contributed by atoms with Crippen LogP contribution in [0, 0.1) is 11.3 Å². The normalized spacial score (nSPS) is 11.1. The van der Waals surface area contributed by atoms with Crippen LogP contribution in [0.1, 0.15) is 20.7 Å². The number of nitrogens with zero attached hydrogens (tertiary/aromatic N) is 4. The summed E-state index contributed by atoms with van der Waals surface area (Å²) in [7, 11) is 0. The summed E-state index contributed by atoms with van der Waals surface area (Å²) in [5.41, 5.74) is 2.56. The Bertz CT molecular complexity index is 915. The Morgan fingerprint density at radius 1 is 0.960 bits per heavy atom. The molecule has 2 rings (SSSR count). The summed E-state index contributed by atoms with van der Waals surface area (Å²) in [6.45, 7) is 0. The maximum absolute atomic E-state index is 11.1. The Balaban J connectivity index is 2.24. The molecule has 0 aromatic heterocycles. The summed E-state index contributed by atoms with van der Waals surface area (Å²) in [6, 6.07) is 13.5. The molecular weight excluding hydrogens is 326 g/mol. The molecule has 0 saturated heterocycles. The van der Waals surface area contributed by atoms with E-state index >= 15 is 0 Å². The van der Waals surface area contributed by atoms with E-state index in [9.17, 15) is 9.59 Å². The maximum atomic E-state index is 11.1. The van der Waals surface area contributed by atoms with Crippen LogP contribution >= 0.6 is 0 Å². The van der Waals surface area contributed by atoms with Gasteiger partial charge >= 0.3 is 11.9 Å². The van der Waals surface area contributed by atoms with Gasteiger partial charge < -0.3 is 10.2 Å². The van der Waals surface area contributed by atoms with Crippen molar-refractivity contribution in [2.45, 2.75) is 0 Å². The van der Waals surface area contributed by atoms with E-state index in [1.54, 1.807) is 24.3 Å². The van der Waals surface area contributed by atoms with E-state index in [1.165, 1.54) is 30.3 Å². The molecule has 9 heteroatoms. The third-order valence-corrected chi connectivity index (χ3v) is 2.93. The van der Waals surface area contributed by atoms with Crippen LogP contribution in [-0.2, 0) is 0 Å². The summed E-state index contributed by atoms with van der Waals surface area (Å²) >= 11 is 0. The topological polar surface area (TPSA) is 148 Å². The van der Waals surface area contributed by atoms with Crippen molar-refractivity contribution in [3.8, 4) is 6.07 Å². The molecule has 9 nitrogen and oxygen atoms in total. The summed E-state index contributed by atoms with van der Waals surface area (Å²) in [5, 5.41) is 38.1. The molecule has 2 aromatic carbocycles. The summed E-state index contributed by atoms with van der Waals surface area (Å²) in [6.07, 6.45) is 0. The van der Waals surface area contributed by atoms with Crippen LogP contribution in [0.2, 0.25) is 0 Å². The Morgan fingerprint density at radius 2 is 1.56 bits per heavy atom. The van der Waals surface area contributed by atoms with Crippen molar-refractivity contribution in [2.24, 2.45) is 15.3 Å². The van der Waals surface area contributed by atoms with Crippen molar-refractivity contribution in [1.82, 2.24) is 0 Å². The highest BCUT2D eigenvalue weighted by atomic mass is 16.4. The van der Waals surface area contributed by atoms with E-state index in [2.05, 4.69) is 20.8 Å². The predicted molar refractivity (Wildman–Crippen MR) is 88.0 cm³/mol. The summed E-state index contributed by atoms with van der Waals surface area (Å²) < 4.78 is 0. The van der Waals surface area contributed by atoms with Gasteiger partial charge in [-0.1, -0.05) is 24.3 Å². The molecule has 0 aliphatic carbocycles. The van der Waals surface area contributed by atoms with E-state index < -0.39 is 17.8 Å². The zero-order valence-corrected chi connectivity index (χ0v) is 12.6. The van der Waals surface area contributed by atoms with E-state index in [-0.39, 0.29) is 22.5 Å². The second kappa shape index (κ2) is 7.98. The molecule has 0 unspecified atom stereocenters. The van der Waals surface area contributed by atoms with Gasteiger partial charge in [-0.15, -0.1) is 15.3 Å². The standard InChI is InChI=1S/C16H11N5O4/c17-9-14(20-18-12-7-3-1-5-10(12)15(22)23)21-19-13-8-4-2-6-11(13)16(24)25/h1-8,18H,(H,22,23)(H,24,25)/b20-14+,21-19?. The Morgan fingerprint density at radius 3 is 2.20 bits per heavy atom. The molecule has 0 aliphatic rings. The fraction of sp³-hybridized carbons (Fsp3) is 0. The van der Waals surface area contributed by atoms with Gasteiger partial charge in [0.2, 0.25) is 0 Å². The molecule has 124 valence electrons. The first-order valence-corrected chi connectivity index (χ1v) is 6.83. The molecule has 0 amide bonds. The van der Waals surface area contributed by atoms with Gasteiger partial charge in [-0.05, 0) is 24.3 Å². The number of para-hydroxylation sites is 1. The number of hydrogen-bond acceptors (Lipinski definition) is 6. The van der Waals surface area contributed by atoms with Gasteiger partial charge in [-0.25, -0.2) is 9.59 Å². The highest BCUT2D eigenvalue weighted by Crippen LogP contribution is 2.19. The van der Waals surface area contributed by atoms with Gasteiger partial charge in [0.15, 0.2) is 0 Å². The van der Waals surface area contributed by atoms with Crippen LogP contribution in [-0.4, -0.2) is 28.0 Å². The molecular formula is C16H11N5O4. The van der Waals surface area contributed by atoms with Gasteiger partial charge in [0.1, 0.15) is 11.8 Å². The molecule has 0 bridgehead atoms. The van der Waals surface area contributed by atoms with Crippen molar-refractivity contribution < 1.29 is 19.8 Å². The number of carboxylic acid groups (broad SMARTS) is 2. The molecule has 0 aliphatic heterocycles. The van der Waals surface area contributed by atoms with Crippen molar-refractivity contribution in [3.05, 3.63) is 59.7 Å². The second-order valence-electron chi connectivity index (χ2n) is 4.53. The predicted octanol–water partition coefficient (Wildman–Crippen LogP) is 3.12. The minimum Gasteiger partial charge on any atom is -0.478 e. The Hall–Kier alpha value is -4.06.